The molecule has 0 spiro atoms. The van der Waals surface area contributed by atoms with Crippen LogP contribution in [0.15, 0.2) is 58.6 Å². The minimum absolute atomic E-state index is 0.136. The molecular formula is C28H22Br2Cl2N2O6. The van der Waals surface area contributed by atoms with Crippen molar-refractivity contribution in [1.29, 1.82) is 0 Å². The quantitative estimate of drug-likeness (QED) is 0.205. The van der Waals surface area contributed by atoms with Gasteiger partial charge in [0.25, 0.3) is 11.8 Å². The van der Waals surface area contributed by atoms with Crippen LogP contribution in [0.4, 0.5) is 5.69 Å². The van der Waals surface area contributed by atoms with Gasteiger partial charge in [-0.3, -0.25) is 29.0 Å². The molecule has 208 valence electrons. The molecule has 3 fully saturated rings. The first-order valence-corrected chi connectivity index (χ1v) is 15.2. The molecule has 4 amide bonds. The van der Waals surface area contributed by atoms with E-state index in [1.165, 1.54) is 18.1 Å². The highest BCUT2D eigenvalue weighted by Gasteiger charge is 2.76. The number of carbonyl (C=O) groups excluding carboxylic acids is 4. The number of rotatable bonds is 4. The number of allylic oxidation sites excluding steroid dienone is 2. The maximum Gasteiger partial charge on any atom is 0.254 e. The number of amides is 4. The predicted octanol–water partition coefficient (Wildman–Crippen LogP) is 5.08. The van der Waals surface area contributed by atoms with Gasteiger partial charge in [-0.1, -0.05) is 49.6 Å². The summed E-state index contributed by atoms with van der Waals surface area (Å²) in [5, 5.41) is 11.1. The molecule has 8 nitrogen and oxygen atoms in total. The molecule has 2 aromatic rings. The first-order chi connectivity index (χ1) is 19.0. The maximum absolute atomic E-state index is 14.0. The summed E-state index contributed by atoms with van der Waals surface area (Å²) in [7, 11) is 1.42. The van der Waals surface area contributed by atoms with Crippen molar-refractivity contribution in [2.75, 3.05) is 17.5 Å². The largest absolute Gasteiger partial charge is 0.508 e. The van der Waals surface area contributed by atoms with E-state index in [-0.39, 0.29) is 41.3 Å². The molecule has 2 aromatic carbocycles. The van der Waals surface area contributed by atoms with Crippen LogP contribution in [0, 0.1) is 17.8 Å². The van der Waals surface area contributed by atoms with E-state index in [1.807, 2.05) is 6.08 Å². The third kappa shape index (κ3) is 3.48. The normalized spacial score (nSPS) is 33.1. The Hall–Kier alpha value is -2.40. The van der Waals surface area contributed by atoms with E-state index in [1.54, 1.807) is 36.4 Å². The summed E-state index contributed by atoms with van der Waals surface area (Å²) in [5.74, 6) is -5.47. The lowest BCUT2D eigenvalue weighted by molar-refractivity contribution is -0.138. The molecule has 6 rings (SSSR count). The number of fused-ring (bicyclic) bond motifs is 4. The van der Waals surface area contributed by atoms with Gasteiger partial charge in [0.15, 0.2) is 9.75 Å². The number of aromatic hydroxyl groups is 1. The van der Waals surface area contributed by atoms with Gasteiger partial charge in [-0.15, -0.1) is 23.2 Å². The van der Waals surface area contributed by atoms with E-state index in [4.69, 9.17) is 27.9 Å². The van der Waals surface area contributed by atoms with Crippen LogP contribution in [0.25, 0.3) is 0 Å². The van der Waals surface area contributed by atoms with E-state index >= 15 is 0 Å². The first kappa shape index (κ1) is 27.8. The van der Waals surface area contributed by atoms with Crippen molar-refractivity contribution in [3.63, 3.8) is 0 Å². The fraction of sp³-hybridized carbons (Fsp3) is 0.357. The first-order valence-electron chi connectivity index (χ1n) is 12.5. The second-order valence-corrected chi connectivity index (χ2v) is 13.0. The number of imide groups is 2. The Morgan fingerprint density at radius 3 is 2.38 bits per heavy atom. The number of halogens is 4. The lowest BCUT2D eigenvalue weighted by atomic mass is 9.56. The van der Waals surface area contributed by atoms with E-state index in [0.717, 1.165) is 9.37 Å². The van der Waals surface area contributed by atoms with Crippen LogP contribution in [-0.4, -0.2) is 55.9 Å². The van der Waals surface area contributed by atoms with Crippen molar-refractivity contribution in [1.82, 2.24) is 4.90 Å². The number of nitrogens with zero attached hydrogens (tertiary/aromatic N) is 2. The van der Waals surface area contributed by atoms with Crippen molar-refractivity contribution in [3.05, 3.63) is 64.1 Å². The molecule has 2 aliphatic carbocycles. The lowest BCUT2D eigenvalue weighted by Crippen LogP contribution is -2.60. The van der Waals surface area contributed by atoms with Gasteiger partial charge in [-0.05, 0) is 55.2 Å². The zero-order valence-electron chi connectivity index (χ0n) is 20.9. The SMILES string of the molecule is COc1cccc(O)c1[C@H]1C2=CC[C@@H]3C(=O)N(c4ccc(Br)cc4)C(=O)[C@@H]3[C@@H]2C[C@@]2(Cl)C(=O)N(CBr)C(=O)[C@@]12Cl. The number of benzene rings is 2. The van der Waals surface area contributed by atoms with E-state index in [9.17, 15) is 24.3 Å². The number of hydrogen-bond donors (Lipinski definition) is 1. The summed E-state index contributed by atoms with van der Waals surface area (Å²) in [5.41, 5.74) is 1.07. The van der Waals surface area contributed by atoms with Gasteiger partial charge in [0.05, 0.1) is 30.1 Å². The number of likely N-dealkylation sites (tertiary alicyclic amines) is 1. The van der Waals surface area contributed by atoms with Crippen molar-refractivity contribution < 1.29 is 29.0 Å². The molecule has 2 aliphatic heterocycles. The number of ether oxygens (including phenoxy) is 1. The van der Waals surface area contributed by atoms with Crippen molar-refractivity contribution in [3.8, 4) is 11.5 Å². The highest BCUT2D eigenvalue weighted by molar-refractivity contribution is 9.10. The van der Waals surface area contributed by atoms with Crippen LogP contribution in [0.1, 0.15) is 24.3 Å². The summed E-state index contributed by atoms with van der Waals surface area (Å²) in [6.07, 6.45) is 1.89. The van der Waals surface area contributed by atoms with Gasteiger partial charge in [0.1, 0.15) is 11.5 Å². The number of alkyl halides is 3. The van der Waals surface area contributed by atoms with E-state index in [2.05, 4.69) is 31.9 Å². The molecule has 6 atom stereocenters. The molecule has 1 N–H and O–H groups in total. The van der Waals surface area contributed by atoms with Crippen LogP contribution in [0.3, 0.4) is 0 Å². The van der Waals surface area contributed by atoms with Gasteiger partial charge in [-0.2, -0.15) is 0 Å². The van der Waals surface area contributed by atoms with Crippen molar-refractivity contribution in [2.24, 2.45) is 17.8 Å². The summed E-state index contributed by atoms with van der Waals surface area (Å²) in [4.78, 5) is 53.4. The highest BCUT2D eigenvalue weighted by atomic mass is 79.9. The molecule has 4 aliphatic rings. The molecule has 2 heterocycles. The molecule has 12 heteroatoms. The molecule has 40 heavy (non-hydrogen) atoms. The number of phenols is 1. The zero-order chi connectivity index (χ0) is 28.7. The Balaban J connectivity index is 1.55. The Kier molecular flexibility index (Phi) is 6.64. The van der Waals surface area contributed by atoms with Gasteiger partial charge >= 0.3 is 0 Å². The third-order valence-electron chi connectivity index (χ3n) is 8.65. The predicted molar refractivity (Wildman–Crippen MR) is 155 cm³/mol. The Bertz CT molecular complexity index is 1520. The minimum atomic E-state index is -2.03. The summed E-state index contributed by atoms with van der Waals surface area (Å²) in [6, 6.07) is 11.5. The smallest absolute Gasteiger partial charge is 0.254 e. The molecular weight excluding hydrogens is 691 g/mol. The highest BCUT2D eigenvalue weighted by Crippen LogP contribution is 2.67. The molecule has 0 unspecified atom stereocenters. The molecule has 0 aromatic heterocycles. The second kappa shape index (κ2) is 9.58. The van der Waals surface area contributed by atoms with Gasteiger partial charge in [0, 0.05) is 16.0 Å². The lowest BCUT2D eigenvalue weighted by Gasteiger charge is -2.50. The van der Waals surface area contributed by atoms with Crippen LogP contribution in [0.2, 0.25) is 0 Å². The average Bonchev–Trinajstić information content (AvgIpc) is 3.27. The number of carbonyl (C=O) groups is 4. The minimum Gasteiger partial charge on any atom is -0.508 e. The van der Waals surface area contributed by atoms with Gasteiger partial charge < -0.3 is 9.84 Å². The molecule has 0 radical (unpaired) electrons. The van der Waals surface area contributed by atoms with Crippen molar-refractivity contribution >= 4 is 84.4 Å². The van der Waals surface area contributed by atoms with Crippen LogP contribution >= 0.6 is 55.1 Å². The monoisotopic (exact) mass is 710 g/mol. The Morgan fingerprint density at radius 1 is 1.02 bits per heavy atom. The van der Waals surface area contributed by atoms with Crippen LogP contribution < -0.4 is 9.64 Å². The van der Waals surface area contributed by atoms with E-state index in [0.29, 0.717) is 11.3 Å². The van der Waals surface area contributed by atoms with E-state index < -0.39 is 51.1 Å². The summed E-state index contributed by atoms with van der Waals surface area (Å²) < 4.78 is 6.37. The molecule has 1 saturated carbocycles. The average molecular weight is 713 g/mol. The molecule has 0 bridgehead atoms. The fourth-order valence-electron chi connectivity index (χ4n) is 6.92. The number of phenolic OH excluding ortho intramolecular Hbond substituents is 1. The Morgan fingerprint density at radius 2 is 1.73 bits per heavy atom. The second-order valence-electron chi connectivity index (χ2n) is 10.4. The number of anilines is 1. The Labute approximate surface area is 256 Å². The third-order valence-corrected chi connectivity index (χ3v) is 11.1. The topological polar surface area (TPSA) is 104 Å². The van der Waals surface area contributed by atoms with Crippen molar-refractivity contribution in [2.45, 2.75) is 28.5 Å². The van der Waals surface area contributed by atoms with Crippen LogP contribution in [-0.2, 0) is 19.2 Å². The number of methoxy groups -OCH3 is 1. The number of hydrogen-bond acceptors (Lipinski definition) is 6. The zero-order valence-corrected chi connectivity index (χ0v) is 25.6. The summed E-state index contributed by atoms with van der Waals surface area (Å²) >= 11 is 21.0. The van der Waals surface area contributed by atoms with Gasteiger partial charge in [0.2, 0.25) is 11.8 Å². The standard InChI is InChI=1S/C28H22Br2Cl2N2O6/c1-40-19-4-2-3-18(35)21(19)22-15-9-10-16-20(24(37)34(23(16)36)14-7-5-13(30)6-8-14)17(15)11-27(31)25(38)33(12-29)26(39)28(22,27)32/h2-9,16-17,20,22,35H,10-12H2,1H3/t16-,17+,20-,22+,27+,28-/m0/s1. The fourth-order valence-corrected chi connectivity index (χ4v) is 8.59. The molecule has 2 saturated heterocycles. The summed E-state index contributed by atoms with van der Waals surface area (Å²) in [6.45, 7) is 0. The maximum atomic E-state index is 14.0. The van der Waals surface area contributed by atoms with Crippen LogP contribution in [0.5, 0.6) is 11.5 Å². The van der Waals surface area contributed by atoms with Gasteiger partial charge in [-0.25, -0.2) is 0 Å².